The van der Waals surface area contributed by atoms with Crippen LogP contribution in [0.1, 0.15) is 5.69 Å². The Morgan fingerprint density at radius 2 is 2.03 bits per heavy atom. The zero-order valence-electron chi connectivity index (χ0n) is 16.4. The van der Waals surface area contributed by atoms with Gasteiger partial charge in [0.1, 0.15) is 5.82 Å². The van der Waals surface area contributed by atoms with Crippen molar-refractivity contribution in [3.05, 3.63) is 59.0 Å². The van der Waals surface area contributed by atoms with E-state index in [2.05, 4.69) is 4.98 Å². The summed E-state index contributed by atoms with van der Waals surface area (Å²) in [6.07, 6.45) is 0. The van der Waals surface area contributed by atoms with Crippen molar-refractivity contribution in [1.29, 1.82) is 0 Å². The van der Waals surface area contributed by atoms with Gasteiger partial charge in [-0.2, -0.15) is 0 Å². The summed E-state index contributed by atoms with van der Waals surface area (Å²) in [5.41, 5.74) is 2.70. The topological polar surface area (TPSA) is 62.5 Å². The molecule has 0 aliphatic carbocycles. The van der Waals surface area contributed by atoms with Crippen LogP contribution < -0.4 is 14.9 Å². The number of nitrogens with zero attached hydrogens (tertiary/aromatic N) is 3. The average molecular weight is 463 g/mol. The number of hydrogen-bond donors (Lipinski definition) is 1. The molecule has 0 bridgehead atoms. The number of benzene rings is 2. The lowest BCUT2D eigenvalue weighted by molar-refractivity contribution is -0.122. The molecule has 0 radical (unpaired) electrons. The van der Waals surface area contributed by atoms with Crippen molar-refractivity contribution >= 4 is 51.6 Å². The highest BCUT2D eigenvalue weighted by atomic mass is 35.5. The zero-order chi connectivity index (χ0) is 21.4. The van der Waals surface area contributed by atoms with E-state index in [1.807, 2.05) is 30.0 Å². The third-order valence-electron chi connectivity index (χ3n) is 5.18. The third kappa shape index (κ3) is 3.92. The van der Waals surface area contributed by atoms with E-state index < -0.39 is 0 Å². The average Bonchev–Trinajstić information content (AvgIpc) is 3.08. The predicted octanol–water partition coefficient (Wildman–Crippen LogP) is 4.98. The Morgan fingerprint density at radius 3 is 2.67 bits per heavy atom. The Balaban J connectivity index is 1.43. The number of rotatable bonds is 5. The summed E-state index contributed by atoms with van der Waals surface area (Å²) in [7, 11) is 1.73. The second-order valence-corrected chi connectivity index (χ2v) is 9.42. The first-order valence-corrected chi connectivity index (χ1v) is 11.4. The van der Waals surface area contributed by atoms with Gasteiger partial charge in [0.15, 0.2) is 5.13 Å². The minimum atomic E-state index is -0.336. The molecule has 1 amide bonds. The number of carbonyl (C=O) groups excluding carboxylic acids is 1. The highest BCUT2D eigenvalue weighted by Gasteiger charge is 2.36. The molecule has 5 nitrogen and oxygen atoms in total. The Kier molecular flexibility index (Phi) is 6.02. The summed E-state index contributed by atoms with van der Waals surface area (Å²) in [6.45, 7) is 2.95. The summed E-state index contributed by atoms with van der Waals surface area (Å²) in [4.78, 5) is 20.8. The molecule has 0 atom stereocenters. The van der Waals surface area contributed by atoms with Crippen LogP contribution in [0.4, 0.5) is 15.2 Å². The summed E-state index contributed by atoms with van der Waals surface area (Å²) >= 11 is 8.74. The van der Waals surface area contributed by atoms with Crippen molar-refractivity contribution in [2.45, 2.75) is 11.1 Å². The maximum Gasteiger partial charge on any atom is 0.235 e. The van der Waals surface area contributed by atoms with Crippen LogP contribution in [0, 0.1) is 18.7 Å². The van der Waals surface area contributed by atoms with Gasteiger partial charge in [0.05, 0.1) is 15.8 Å². The number of carbonyl (C=O) groups is 1. The number of thiazole rings is 1. The Bertz CT molecular complexity index is 1100. The molecule has 1 aliphatic rings. The fourth-order valence-corrected chi connectivity index (χ4v) is 5.07. The molecule has 2 aromatic carbocycles. The van der Waals surface area contributed by atoms with Gasteiger partial charge >= 0.3 is 0 Å². The van der Waals surface area contributed by atoms with Gasteiger partial charge in [-0.25, -0.2) is 9.37 Å². The summed E-state index contributed by atoms with van der Waals surface area (Å²) in [6, 6.07) is 12.3. The molecule has 3 aromatic rings. The standard InChI is InChI=1S/C21H20ClFN4OS2/c1-12-20(30-24)29-21(25-12)26(2)19(28)13-10-27(11-13)14-7-8-16(18(23)9-14)15-5-3-4-6-17(15)22/h3-9,13H,10-11,24H2,1-2H3. The molecule has 2 N–H and O–H groups in total. The van der Waals surface area contributed by atoms with Crippen molar-refractivity contribution in [2.24, 2.45) is 11.1 Å². The van der Waals surface area contributed by atoms with Gasteiger partial charge in [-0.3, -0.25) is 14.8 Å². The molecule has 4 rings (SSSR count). The number of amides is 1. The maximum atomic E-state index is 14.7. The lowest BCUT2D eigenvalue weighted by Crippen LogP contribution is -2.54. The van der Waals surface area contributed by atoms with Crippen LogP contribution in [0.2, 0.25) is 5.02 Å². The Labute approximate surface area is 187 Å². The normalized spacial score (nSPS) is 14.0. The van der Waals surface area contributed by atoms with Crippen molar-refractivity contribution in [1.82, 2.24) is 4.98 Å². The number of aromatic nitrogens is 1. The first kappa shape index (κ1) is 21.1. The molecular formula is C21H20ClFN4OS2. The van der Waals surface area contributed by atoms with Crippen LogP contribution in [0.15, 0.2) is 46.7 Å². The highest BCUT2D eigenvalue weighted by Crippen LogP contribution is 2.35. The first-order valence-electron chi connectivity index (χ1n) is 9.30. The molecule has 0 unspecified atom stereocenters. The number of nitrogens with two attached hydrogens (primary N) is 1. The fourth-order valence-electron chi connectivity index (χ4n) is 3.43. The van der Waals surface area contributed by atoms with Gasteiger partial charge in [-0.15, -0.1) is 0 Å². The van der Waals surface area contributed by atoms with Crippen LogP contribution in [0.5, 0.6) is 0 Å². The number of anilines is 2. The molecule has 0 saturated carbocycles. The SMILES string of the molecule is Cc1nc(N(C)C(=O)C2CN(c3ccc(-c4ccccc4Cl)c(F)c3)C2)sc1SN. The number of aryl methyl sites for hydroxylation is 1. The van der Waals surface area contributed by atoms with E-state index in [4.69, 9.17) is 16.7 Å². The van der Waals surface area contributed by atoms with Crippen molar-refractivity contribution < 1.29 is 9.18 Å². The van der Waals surface area contributed by atoms with Crippen LogP contribution >= 0.6 is 34.9 Å². The molecule has 2 heterocycles. The van der Waals surface area contributed by atoms with E-state index >= 15 is 0 Å². The van der Waals surface area contributed by atoms with Crippen molar-refractivity contribution in [3.8, 4) is 11.1 Å². The van der Waals surface area contributed by atoms with Gasteiger partial charge in [0.25, 0.3) is 0 Å². The quantitative estimate of drug-likeness (QED) is 0.542. The minimum Gasteiger partial charge on any atom is -0.370 e. The molecule has 0 spiro atoms. The lowest BCUT2D eigenvalue weighted by Gasteiger charge is -2.41. The molecule has 1 fully saturated rings. The second-order valence-electron chi connectivity index (χ2n) is 7.13. The summed E-state index contributed by atoms with van der Waals surface area (Å²) in [5, 5.41) is 6.77. The zero-order valence-corrected chi connectivity index (χ0v) is 18.8. The van der Waals surface area contributed by atoms with Crippen molar-refractivity contribution in [2.75, 3.05) is 29.9 Å². The first-order chi connectivity index (χ1) is 14.4. The molecular weight excluding hydrogens is 443 g/mol. The molecule has 1 aliphatic heterocycles. The van der Waals surface area contributed by atoms with Gasteiger partial charge in [0.2, 0.25) is 5.91 Å². The van der Waals surface area contributed by atoms with E-state index in [-0.39, 0.29) is 17.6 Å². The van der Waals surface area contributed by atoms with Crippen LogP contribution in [-0.2, 0) is 4.79 Å². The summed E-state index contributed by atoms with van der Waals surface area (Å²) in [5.74, 6) is -0.487. The monoisotopic (exact) mass is 462 g/mol. The Hall–Kier alpha value is -2.13. The molecule has 1 saturated heterocycles. The number of halogens is 2. The molecule has 30 heavy (non-hydrogen) atoms. The summed E-state index contributed by atoms with van der Waals surface area (Å²) < 4.78 is 15.6. The fraction of sp³-hybridized carbons (Fsp3) is 0.238. The van der Waals surface area contributed by atoms with E-state index in [1.54, 1.807) is 30.1 Å². The Morgan fingerprint density at radius 1 is 1.30 bits per heavy atom. The number of hydrogen-bond acceptors (Lipinski definition) is 6. The smallest absolute Gasteiger partial charge is 0.235 e. The molecule has 1 aromatic heterocycles. The lowest BCUT2D eigenvalue weighted by atomic mass is 9.96. The van der Waals surface area contributed by atoms with Gasteiger partial charge in [-0.05, 0) is 43.1 Å². The van der Waals surface area contributed by atoms with Gasteiger partial charge < -0.3 is 4.90 Å². The second kappa shape index (κ2) is 8.55. The van der Waals surface area contributed by atoms with E-state index in [9.17, 15) is 9.18 Å². The van der Waals surface area contributed by atoms with E-state index in [0.29, 0.717) is 34.4 Å². The molecule has 156 valence electrons. The molecule has 9 heteroatoms. The van der Waals surface area contributed by atoms with E-state index in [1.165, 1.54) is 17.4 Å². The largest absolute Gasteiger partial charge is 0.370 e. The van der Waals surface area contributed by atoms with E-state index in [0.717, 1.165) is 27.5 Å². The maximum absolute atomic E-state index is 14.7. The van der Waals surface area contributed by atoms with Gasteiger partial charge in [0, 0.05) is 42.0 Å². The van der Waals surface area contributed by atoms with Gasteiger partial charge in [-0.1, -0.05) is 41.1 Å². The minimum absolute atomic E-state index is 0.00160. The highest BCUT2D eigenvalue weighted by molar-refractivity contribution is 7.99. The van der Waals surface area contributed by atoms with Crippen LogP contribution in [0.25, 0.3) is 11.1 Å². The predicted molar refractivity (Wildman–Crippen MR) is 123 cm³/mol. The van der Waals surface area contributed by atoms with Crippen molar-refractivity contribution in [3.63, 3.8) is 0 Å². The van der Waals surface area contributed by atoms with Crippen LogP contribution in [0.3, 0.4) is 0 Å². The van der Waals surface area contributed by atoms with Crippen LogP contribution in [-0.4, -0.2) is 31.0 Å². The third-order valence-corrected chi connectivity index (χ3v) is 7.59.